The van der Waals surface area contributed by atoms with Crippen LogP contribution in [0.4, 0.5) is 5.69 Å². The standard InChI is InChI=1S/C14H13N3O/c1-18-14-3-2-10(15)6-11(14)13-7-12-9(8-17-13)4-5-16-12/h2-8,16H,15H2,1H3. The molecule has 0 amide bonds. The Labute approximate surface area is 104 Å². The third-order valence-corrected chi connectivity index (χ3v) is 2.94. The fourth-order valence-electron chi connectivity index (χ4n) is 2.02. The Morgan fingerprint density at radius 3 is 2.94 bits per heavy atom. The van der Waals surface area contributed by atoms with Gasteiger partial charge in [-0.2, -0.15) is 0 Å². The Kier molecular flexibility index (Phi) is 2.41. The highest BCUT2D eigenvalue weighted by Crippen LogP contribution is 2.31. The number of aromatic amines is 1. The van der Waals surface area contributed by atoms with E-state index < -0.39 is 0 Å². The minimum atomic E-state index is 0.694. The van der Waals surface area contributed by atoms with Gasteiger partial charge in [-0.3, -0.25) is 4.98 Å². The van der Waals surface area contributed by atoms with E-state index in [0.717, 1.165) is 27.9 Å². The molecule has 3 N–H and O–H groups in total. The van der Waals surface area contributed by atoms with Crippen molar-refractivity contribution in [3.8, 4) is 17.0 Å². The first-order chi connectivity index (χ1) is 8.78. The summed E-state index contributed by atoms with van der Waals surface area (Å²) in [6.07, 6.45) is 3.73. The fraction of sp³-hybridized carbons (Fsp3) is 0.0714. The first-order valence-electron chi connectivity index (χ1n) is 5.65. The molecule has 3 rings (SSSR count). The quantitative estimate of drug-likeness (QED) is 0.676. The lowest BCUT2D eigenvalue weighted by Gasteiger charge is -2.08. The van der Waals surface area contributed by atoms with Gasteiger partial charge in [0.25, 0.3) is 0 Å². The highest BCUT2D eigenvalue weighted by Gasteiger charge is 2.08. The number of H-pyrrole nitrogens is 1. The SMILES string of the molecule is COc1ccc(N)cc1-c1cc2[nH]ccc2cn1. The Morgan fingerprint density at radius 2 is 2.11 bits per heavy atom. The molecule has 0 aliphatic rings. The van der Waals surface area contributed by atoms with E-state index in [0.29, 0.717) is 5.69 Å². The van der Waals surface area contributed by atoms with Gasteiger partial charge in [-0.15, -0.1) is 0 Å². The number of nitrogens with two attached hydrogens (primary N) is 1. The second-order valence-electron chi connectivity index (χ2n) is 4.09. The largest absolute Gasteiger partial charge is 0.496 e. The molecular weight excluding hydrogens is 226 g/mol. The molecule has 4 nitrogen and oxygen atoms in total. The third kappa shape index (κ3) is 1.68. The summed E-state index contributed by atoms with van der Waals surface area (Å²) in [5, 5.41) is 1.08. The van der Waals surface area contributed by atoms with Crippen LogP contribution in [0.5, 0.6) is 5.75 Å². The molecule has 0 radical (unpaired) electrons. The second kappa shape index (κ2) is 4.07. The highest BCUT2D eigenvalue weighted by atomic mass is 16.5. The van der Waals surface area contributed by atoms with Gasteiger partial charge in [0.2, 0.25) is 0 Å². The van der Waals surface area contributed by atoms with Crippen molar-refractivity contribution < 1.29 is 4.74 Å². The molecule has 0 bridgehead atoms. The number of fused-ring (bicyclic) bond motifs is 1. The van der Waals surface area contributed by atoms with E-state index >= 15 is 0 Å². The predicted molar refractivity (Wildman–Crippen MR) is 72.5 cm³/mol. The lowest BCUT2D eigenvalue weighted by Crippen LogP contribution is -1.92. The molecule has 0 atom stereocenters. The summed E-state index contributed by atoms with van der Waals surface area (Å²) in [7, 11) is 1.64. The van der Waals surface area contributed by atoms with Crippen molar-refractivity contribution in [1.29, 1.82) is 0 Å². The summed E-state index contributed by atoms with van der Waals surface area (Å²) in [4.78, 5) is 7.61. The van der Waals surface area contributed by atoms with Crippen LogP contribution in [0.15, 0.2) is 42.7 Å². The van der Waals surface area contributed by atoms with E-state index in [-0.39, 0.29) is 0 Å². The number of hydrogen-bond donors (Lipinski definition) is 2. The molecule has 0 aliphatic heterocycles. The number of aromatic nitrogens is 2. The van der Waals surface area contributed by atoms with Crippen molar-refractivity contribution in [2.75, 3.05) is 12.8 Å². The van der Waals surface area contributed by atoms with Gasteiger partial charge in [0.05, 0.1) is 12.8 Å². The monoisotopic (exact) mass is 239 g/mol. The Hall–Kier alpha value is -2.49. The molecule has 18 heavy (non-hydrogen) atoms. The van der Waals surface area contributed by atoms with Gasteiger partial charge >= 0.3 is 0 Å². The number of ether oxygens (including phenoxy) is 1. The summed E-state index contributed by atoms with van der Waals surface area (Å²) in [6.45, 7) is 0. The number of rotatable bonds is 2. The van der Waals surface area contributed by atoms with E-state index in [9.17, 15) is 0 Å². The van der Waals surface area contributed by atoms with E-state index in [1.807, 2.05) is 42.7 Å². The molecule has 1 aromatic carbocycles. The molecule has 3 aromatic rings. The second-order valence-corrected chi connectivity index (χ2v) is 4.09. The lowest BCUT2D eigenvalue weighted by atomic mass is 10.1. The van der Waals surface area contributed by atoms with Gasteiger partial charge in [0.1, 0.15) is 5.75 Å². The van der Waals surface area contributed by atoms with Crippen LogP contribution in [-0.4, -0.2) is 17.1 Å². The smallest absolute Gasteiger partial charge is 0.128 e. The zero-order valence-corrected chi connectivity index (χ0v) is 9.97. The number of methoxy groups -OCH3 is 1. The van der Waals surface area contributed by atoms with E-state index in [4.69, 9.17) is 10.5 Å². The third-order valence-electron chi connectivity index (χ3n) is 2.94. The van der Waals surface area contributed by atoms with Gasteiger partial charge in [0, 0.05) is 34.5 Å². The Morgan fingerprint density at radius 1 is 1.22 bits per heavy atom. The Bertz CT molecular complexity index is 703. The maximum Gasteiger partial charge on any atom is 0.128 e. The van der Waals surface area contributed by atoms with E-state index in [1.165, 1.54) is 0 Å². The van der Waals surface area contributed by atoms with Crippen molar-refractivity contribution in [2.24, 2.45) is 0 Å². The molecular formula is C14H13N3O. The molecule has 0 aliphatic carbocycles. The number of nitrogens with zero attached hydrogens (tertiary/aromatic N) is 1. The average molecular weight is 239 g/mol. The number of pyridine rings is 1. The van der Waals surface area contributed by atoms with Crippen LogP contribution in [-0.2, 0) is 0 Å². The number of benzene rings is 1. The van der Waals surface area contributed by atoms with Gasteiger partial charge in [-0.05, 0) is 30.3 Å². The van der Waals surface area contributed by atoms with Crippen molar-refractivity contribution in [3.05, 3.63) is 42.7 Å². The number of hydrogen-bond acceptors (Lipinski definition) is 3. The van der Waals surface area contributed by atoms with Crippen LogP contribution in [0.2, 0.25) is 0 Å². The summed E-state index contributed by atoms with van der Waals surface area (Å²) < 4.78 is 5.34. The van der Waals surface area contributed by atoms with Crippen LogP contribution in [0.1, 0.15) is 0 Å². The maximum atomic E-state index is 5.82. The zero-order chi connectivity index (χ0) is 12.5. The minimum absolute atomic E-state index is 0.694. The first kappa shape index (κ1) is 10.7. The molecule has 90 valence electrons. The van der Waals surface area contributed by atoms with Crippen molar-refractivity contribution in [3.63, 3.8) is 0 Å². The predicted octanol–water partition coefficient (Wildman–Crippen LogP) is 2.82. The average Bonchev–Trinajstić information content (AvgIpc) is 2.85. The number of anilines is 1. The summed E-state index contributed by atoms with van der Waals surface area (Å²) in [6, 6.07) is 9.52. The van der Waals surface area contributed by atoms with Crippen molar-refractivity contribution in [1.82, 2.24) is 9.97 Å². The van der Waals surface area contributed by atoms with Gasteiger partial charge < -0.3 is 15.5 Å². The van der Waals surface area contributed by atoms with Crippen LogP contribution in [0.25, 0.3) is 22.2 Å². The normalized spacial score (nSPS) is 10.7. The van der Waals surface area contributed by atoms with Crippen molar-refractivity contribution >= 4 is 16.6 Å². The topological polar surface area (TPSA) is 63.9 Å². The van der Waals surface area contributed by atoms with Gasteiger partial charge in [0.15, 0.2) is 0 Å². The minimum Gasteiger partial charge on any atom is -0.496 e. The molecule has 4 heteroatoms. The molecule has 0 saturated carbocycles. The molecule has 0 saturated heterocycles. The highest BCUT2D eigenvalue weighted by molar-refractivity contribution is 5.84. The summed E-state index contributed by atoms with van der Waals surface area (Å²) >= 11 is 0. The molecule has 0 spiro atoms. The fourth-order valence-corrected chi connectivity index (χ4v) is 2.02. The van der Waals surface area contributed by atoms with Gasteiger partial charge in [-0.25, -0.2) is 0 Å². The molecule has 0 unspecified atom stereocenters. The lowest BCUT2D eigenvalue weighted by molar-refractivity contribution is 0.416. The molecule has 2 heterocycles. The number of nitrogens with one attached hydrogen (secondary N) is 1. The van der Waals surface area contributed by atoms with Crippen LogP contribution in [0, 0.1) is 0 Å². The zero-order valence-electron chi connectivity index (χ0n) is 9.97. The molecule has 2 aromatic heterocycles. The van der Waals surface area contributed by atoms with Crippen LogP contribution in [0.3, 0.4) is 0 Å². The van der Waals surface area contributed by atoms with Crippen LogP contribution >= 0.6 is 0 Å². The maximum absolute atomic E-state index is 5.82. The van der Waals surface area contributed by atoms with Crippen molar-refractivity contribution in [2.45, 2.75) is 0 Å². The summed E-state index contributed by atoms with van der Waals surface area (Å²) in [5.74, 6) is 0.766. The Balaban J connectivity index is 2.21. The number of nitrogen functional groups attached to an aromatic ring is 1. The van der Waals surface area contributed by atoms with E-state index in [1.54, 1.807) is 7.11 Å². The van der Waals surface area contributed by atoms with E-state index in [2.05, 4.69) is 9.97 Å². The molecule has 0 fully saturated rings. The van der Waals surface area contributed by atoms with Crippen LogP contribution < -0.4 is 10.5 Å². The summed E-state index contributed by atoms with van der Waals surface area (Å²) in [5.41, 5.74) is 9.30. The van der Waals surface area contributed by atoms with Gasteiger partial charge in [-0.1, -0.05) is 0 Å². The first-order valence-corrected chi connectivity index (χ1v) is 5.65.